The number of esters is 1. The smallest absolute Gasteiger partial charge is 0.323 e. The van der Waals surface area contributed by atoms with Gasteiger partial charge in [0, 0.05) is 5.56 Å². The molecule has 1 aromatic heterocycles. The van der Waals surface area contributed by atoms with Crippen LogP contribution in [0.3, 0.4) is 0 Å². The van der Waals surface area contributed by atoms with E-state index in [1.165, 1.54) is 0 Å². The number of benzene rings is 1. The highest BCUT2D eigenvalue weighted by atomic mass is 16.5. The molecule has 1 aliphatic heterocycles. The van der Waals surface area contributed by atoms with Crippen LogP contribution in [0.15, 0.2) is 28.8 Å². The van der Waals surface area contributed by atoms with Crippen LogP contribution < -0.4 is 4.74 Å². The molecule has 3 rings (SSSR count). The number of piperidine rings is 1. The van der Waals surface area contributed by atoms with Crippen LogP contribution in [0, 0.1) is 0 Å². The van der Waals surface area contributed by atoms with E-state index in [-0.39, 0.29) is 12.0 Å². The molecule has 1 aliphatic rings. The molecule has 2 heterocycles. The molecule has 0 radical (unpaired) electrons. The van der Waals surface area contributed by atoms with Gasteiger partial charge in [-0.05, 0) is 57.5 Å². The molecule has 0 spiro atoms. The molecule has 0 bridgehead atoms. The van der Waals surface area contributed by atoms with Crippen LogP contribution in [-0.4, -0.2) is 46.8 Å². The molecular weight excluding hydrogens is 334 g/mol. The van der Waals surface area contributed by atoms with Crippen molar-refractivity contribution < 1.29 is 18.8 Å². The summed E-state index contributed by atoms with van der Waals surface area (Å²) in [6, 6.07) is 7.35. The molecule has 2 aromatic rings. The maximum absolute atomic E-state index is 12.2. The summed E-state index contributed by atoms with van der Waals surface area (Å²) in [5.41, 5.74) is 0.865. The van der Waals surface area contributed by atoms with Crippen molar-refractivity contribution in [2.24, 2.45) is 0 Å². The monoisotopic (exact) mass is 359 g/mol. The van der Waals surface area contributed by atoms with Crippen LogP contribution >= 0.6 is 0 Å². The second-order valence-corrected chi connectivity index (χ2v) is 6.20. The minimum absolute atomic E-state index is 0.168. The molecule has 0 aliphatic carbocycles. The number of aromatic nitrogens is 2. The Morgan fingerprint density at radius 1 is 1.23 bits per heavy atom. The molecule has 1 fully saturated rings. The van der Waals surface area contributed by atoms with E-state index in [9.17, 15) is 4.79 Å². The number of carbonyl (C=O) groups is 1. The van der Waals surface area contributed by atoms with Crippen molar-refractivity contribution in [2.75, 3.05) is 19.8 Å². The van der Waals surface area contributed by atoms with Gasteiger partial charge < -0.3 is 14.0 Å². The fraction of sp³-hybridized carbons (Fsp3) is 0.526. The van der Waals surface area contributed by atoms with E-state index in [2.05, 4.69) is 15.0 Å². The van der Waals surface area contributed by atoms with Crippen LogP contribution in [-0.2, 0) is 16.1 Å². The fourth-order valence-corrected chi connectivity index (χ4v) is 3.16. The lowest BCUT2D eigenvalue weighted by Crippen LogP contribution is -2.45. The summed E-state index contributed by atoms with van der Waals surface area (Å²) >= 11 is 0. The number of nitrogens with zero attached hydrogens (tertiary/aromatic N) is 3. The quantitative estimate of drug-likeness (QED) is 0.703. The zero-order valence-electron chi connectivity index (χ0n) is 15.3. The average Bonchev–Trinajstić information content (AvgIpc) is 3.12. The van der Waals surface area contributed by atoms with E-state index in [0.717, 1.165) is 37.1 Å². The summed E-state index contributed by atoms with van der Waals surface area (Å²) in [5, 5.41) is 4.06. The number of rotatable bonds is 7. The van der Waals surface area contributed by atoms with Crippen LogP contribution in [0.4, 0.5) is 0 Å². The van der Waals surface area contributed by atoms with Gasteiger partial charge in [-0.2, -0.15) is 4.98 Å². The molecule has 140 valence electrons. The van der Waals surface area contributed by atoms with Gasteiger partial charge in [-0.1, -0.05) is 11.6 Å². The van der Waals surface area contributed by atoms with Gasteiger partial charge in [0.15, 0.2) is 0 Å². The van der Waals surface area contributed by atoms with Gasteiger partial charge in [0.2, 0.25) is 11.7 Å². The van der Waals surface area contributed by atoms with Crippen molar-refractivity contribution in [3.63, 3.8) is 0 Å². The predicted octanol–water partition coefficient (Wildman–Crippen LogP) is 3.05. The van der Waals surface area contributed by atoms with Crippen LogP contribution in [0.5, 0.6) is 5.75 Å². The molecule has 7 nitrogen and oxygen atoms in total. The highest BCUT2D eigenvalue weighted by Crippen LogP contribution is 2.23. The second-order valence-electron chi connectivity index (χ2n) is 6.20. The highest BCUT2D eigenvalue weighted by molar-refractivity contribution is 5.75. The van der Waals surface area contributed by atoms with Crippen molar-refractivity contribution >= 4 is 5.97 Å². The summed E-state index contributed by atoms with van der Waals surface area (Å²) in [4.78, 5) is 18.7. The molecule has 0 N–H and O–H groups in total. The zero-order chi connectivity index (χ0) is 18.4. The van der Waals surface area contributed by atoms with Gasteiger partial charge >= 0.3 is 5.97 Å². The lowest BCUT2D eigenvalue weighted by molar-refractivity contribution is -0.151. The maximum Gasteiger partial charge on any atom is 0.323 e. The first-order chi connectivity index (χ1) is 12.7. The van der Waals surface area contributed by atoms with Gasteiger partial charge in [-0.25, -0.2) is 0 Å². The molecule has 1 atom stereocenters. The molecule has 0 saturated carbocycles. The zero-order valence-corrected chi connectivity index (χ0v) is 15.3. The van der Waals surface area contributed by atoms with Crippen molar-refractivity contribution in [3.8, 4) is 17.1 Å². The number of hydrogen-bond acceptors (Lipinski definition) is 7. The minimum atomic E-state index is -0.232. The Balaban J connectivity index is 1.67. The SMILES string of the molecule is CCOC(=O)C1CCCCN1Cc1nc(-c2ccc(OCC)cc2)no1. The van der Waals surface area contributed by atoms with Crippen molar-refractivity contribution in [1.82, 2.24) is 15.0 Å². The number of ether oxygens (including phenoxy) is 2. The Hall–Kier alpha value is -2.41. The fourth-order valence-electron chi connectivity index (χ4n) is 3.16. The largest absolute Gasteiger partial charge is 0.494 e. The first-order valence-corrected chi connectivity index (χ1v) is 9.17. The normalized spacial score (nSPS) is 17.8. The molecule has 1 aromatic carbocycles. The lowest BCUT2D eigenvalue weighted by Gasteiger charge is -2.32. The van der Waals surface area contributed by atoms with E-state index in [4.69, 9.17) is 14.0 Å². The third-order valence-corrected chi connectivity index (χ3v) is 4.40. The topological polar surface area (TPSA) is 77.7 Å². The predicted molar refractivity (Wildman–Crippen MR) is 95.6 cm³/mol. The minimum Gasteiger partial charge on any atom is -0.494 e. The lowest BCUT2D eigenvalue weighted by atomic mass is 10.0. The van der Waals surface area contributed by atoms with E-state index in [1.807, 2.05) is 38.1 Å². The maximum atomic E-state index is 12.2. The Morgan fingerprint density at radius 2 is 2.04 bits per heavy atom. The average molecular weight is 359 g/mol. The van der Waals surface area contributed by atoms with Crippen LogP contribution in [0.2, 0.25) is 0 Å². The van der Waals surface area contributed by atoms with E-state index >= 15 is 0 Å². The van der Waals surface area contributed by atoms with Crippen LogP contribution in [0.1, 0.15) is 39.0 Å². The Bertz CT molecular complexity index is 714. The second kappa shape index (κ2) is 8.80. The number of hydrogen-bond donors (Lipinski definition) is 0. The molecule has 1 saturated heterocycles. The van der Waals surface area contributed by atoms with Crippen LogP contribution in [0.25, 0.3) is 11.4 Å². The highest BCUT2D eigenvalue weighted by Gasteiger charge is 2.31. The van der Waals surface area contributed by atoms with Gasteiger partial charge in [0.05, 0.1) is 19.8 Å². The van der Waals surface area contributed by atoms with Crippen molar-refractivity contribution in [2.45, 2.75) is 45.7 Å². The Morgan fingerprint density at radius 3 is 2.77 bits per heavy atom. The first-order valence-electron chi connectivity index (χ1n) is 9.17. The summed E-state index contributed by atoms with van der Waals surface area (Å²) in [5.74, 6) is 1.68. The molecule has 0 amide bonds. The van der Waals surface area contributed by atoms with Crippen molar-refractivity contribution in [3.05, 3.63) is 30.2 Å². The van der Waals surface area contributed by atoms with E-state index in [0.29, 0.717) is 31.5 Å². The van der Waals surface area contributed by atoms with Gasteiger partial charge in [-0.15, -0.1) is 0 Å². The number of carbonyl (C=O) groups excluding carboxylic acids is 1. The van der Waals surface area contributed by atoms with Gasteiger partial charge in [0.1, 0.15) is 11.8 Å². The molecule has 26 heavy (non-hydrogen) atoms. The summed E-state index contributed by atoms with van der Waals surface area (Å²) in [6.45, 7) is 6.07. The van der Waals surface area contributed by atoms with Gasteiger partial charge in [-0.3, -0.25) is 9.69 Å². The summed E-state index contributed by atoms with van der Waals surface area (Å²) in [6.07, 6.45) is 2.88. The van der Waals surface area contributed by atoms with E-state index < -0.39 is 0 Å². The Labute approximate surface area is 153 Å². The Kier molecular flexibility index (Phi) is 6.22. The molecular formula is C19H25N3O4. The molecule has 1 unspecified atom stereocenters. The molecule has 7 heteroatoms. The third-order valence-electron chi connectivity index (χ3n) is 4.40. The summed E-state index contributed by atoms with van der Waals surface area (Å²) < 4.78 is 16.0. The van der Waals surface area contributed by atoms with Gasteiger partial charge in [0.25, 0.3) is 0 Å². The van der Waals surface area contributed by atoms with E-state index in [1.54, 1.807) is 0 Å². The number of likely N-dealkylation sites (tertiary alicyclic amines) is 1. The third kappa shape index (κ3) is 4.40. The van der Waals surface area contributed by atoms with Crippen molar-refractivity contribution in [1.29, 1.82) is 0 Å². The summed E-state index contributed by atoms with van der Waals surface area (Å²) in [7, 11) is 0. The first kappa shape index (κ1) is 18.4. The standard InChI is InChI=1S/C19H25N3O4/c1-3-24-15-10-8-14(9-11-15)18-20-17(26-21-18)13-22-12-6-5-7-16(22)19(23)25-4-2/h8-11,16H,3-7,12-13H2,1-2H3.